The van der Waals surface area contributed by atoms with E-state index in [1.54, 1.807) is 22.7 Å². The minimum atomic E-state index is 0.911. The molecule has 3 aromatic carbocycles. The number of hydrogen-bond donors (Lipinski definition) is 1. The fourth-order valence-corrected chi connectivity index (χ4v) is 5.93. The molecule has 6 rings (SSSR count). The standard InChI is InChI=1S/C26H23N5S2/c1-2-8-19(9-3-1)22-18-32-25(28-22)27-20-10-4-6-12-23(20)30-14-16-31(17-15-30)26-29-21-11-5-7-13-24(21)33-26/h1-13,18H,14-17H2,(H,27,28). The van der Waals surface area contributed by atoms with Gasteiger partial charge in [0.1, 0.15) is 0 Å². The lowest BCUT2D eigenvalue weighted by atomic mass is 10.2. The summed E-state index contributed by atoms with van der Waals surface area (Å²) >= 11 is 3.42. The van der Waals surface area contributed by atoms with E-state index in [1.165, 1.54) is 10.4 Å². The molecule has 3 heterocycles. The fourth-order valence-electron chi connectivity index (χ4n) is 4.18. The predicted octanol–water partition coefficient (Wildman–Crippen LogP) is 6.49. The van der Waals surface area contributed by atoms with Gasteiger partial charge in [0.05, 0.1) is 27.3 Å². The van der Waals surface area contributed by atoms with Gasteiger partial charge in [0.2, 0.25) is 0 Å². The fraction of sp³-hybridized carbons (Fsp3) is 0.154. The molecule has 2 aromatic heterocycles. The number of fused-ring (bicyclic) bond motifs is 1. The van der Waals surface area contributed by atoms with E-state index in [4.69, 9.17) is 9.97 Å². The summed E-state index contributed by atoms with van der Waals surface area (Å²) in [6, 6.07) is 27.2. The van der Waals surface area contributed by atoms with Gasteiger partial charge in [-0.3, -0.25) is 0 Å². The van der Waals surface area contributed by atoms with Gasteiger partial charge >= 0.3 is 0 Å². The van der Waals surface area contributed by atoms with Crippen molar-refractivity contribution in [2.75, 3.05) is 41.3 Å². The van der Waals surface area contributed by atoms with Crippen molar-refractivity contribution < 1.29 is 0 Å². The molecule has 0 radical (unpaired) electrons. The summed E-state index contributed by atoms with van der Waals surface area (Å²) in [5.74, 6) is 0. The minimum Gasteiger partial charge on any atom is -0.366 e. The third-order valence-electron chi connectivity index (χ3n) is 5.89. The molecule has 1 N–H and O–H groups in total. The summed E-state index contributed by atoms with van der Waals surface area (Å²) in [5.41, 5.74) is 5.55. The quantitative estimate of drug-likeness (QED) is 0.319. The zero-order valence-corrected chi connectivity index (χ0v) is 19.6. The molecule has 0 bridgehead atoms. The monoisotopic (exact) mass is 469 g/mol. The number of thiazole rings is 2. The maximum Gasteiger partial charge on any atom is 0.187 e. The second-order valence-corrected chi connectivity index (χ2v) is 9.85. The van der Waals surface area contributed by atoms with E-state index >= 15 is 0 Å². The van der Waals surface area contributed by atoms with Crippen molar-refractivity contribution in [3.05, 3.63) is 84.2 Å². The first-order valence-corrected chi connectivity index (χ1v) is 12.8. The van der Waals surface area contributed by atoms with Crippen LogP contribution in [0, 0.1) is 0 Å². The van der Waals surface area contributed by atoms with Gasteiger partial charge in [0.15, 0.2) is 10.3 Å². The lowest BCUT2D eigenvalue weighted by Gasteiger charge is -2.36. The maximum atomic E-state index is 4.84. The molecule has 0 saturated carbocycles. The Balaban J connectivity index is 1.17. The van der Waals surface area contributed by atoms with Gasteiger partial charge in [-0.25, -0.2) is 9.97 Å². The SMILES string of the molecule is c1ccc(-c2csc(Nc3ccccc3N3CCN(c4nc5ccccc5s4)CC3)n2)cc1. The van der Waals surface area contributed by atoms with E-state index in [-0.39, 0.29) is 0 Å². The smallest absolute Gasteiger partial charge is 0.187 e. The molecule has 0 amide bonds. The number of piperazine rings is 1. The Morgan fingerprint density at radius 2 is 1.45 bits per heavy atom. The Kier molecular flexibility index (Phi) is 5.41. The molecule has 0 atom stereocenters. The number of benzene rings is 3. The van der Waals surface area contributed by atoms with Crippen molar-refractivity contribution >= 4 is 54.5 Å². The van der Waals surface area contributed by atoms with Crippen molar-refractivity contribution in [1.82, 2.24) is 9.97 Å². The van der Waals surface area contributed by atoms with Crippen LogP contribution in [0.15, 0.2) is 84.2 Å². The lowest BCUT2D eigenvalue weighted by Crippen LogP contribution is -2.46. The van der Waals surface area contributed by atoms with Crippen molar-refractivity contribution in [3.63, 3.8) is 0 Å². The number of nitrogens with zero attached hydrogens (tertiary/aromatic N) is 4. The molecule has 1 aliphatic rings. The van der Waals surface area contributed by atoms with Crippen LogP contribution in [0.2, 0.25) is 0 Å². The van der Waals surface area contributed by atoms with E-state index < -0.39 is 0 Å². The van der Waals surface area contributed by atoms with Crippen LogP contribution >= 0.6 is 22.7 Å². The van der Waals surface area contributed by atoms with Crippen LogP contribution in [0.1, 0.15) is 0 Å². The highest BCUT2D eigenvalue weighted by atomic mass is 32.1. The zero-order valence-electron chi connectivity index (χ0n) is 18.0. The maximum absolute atomic E-state index is 4.84. The van der Waals surface area contributed by atoms with E-state index in [0.29, 0.717) is 0 Å². The average molecular weight is 470 g/mol. The minimum absolute atomic E-state index is 0.911. The summed E-state index contributed by atoms with van der Waals surface area (Å²) in [4.78, 5) is 14.5. The molecule has 5 aromatic rings. The molecule has 0 spiro atoms. The van der Waals surface area contributed by atoms with E-state index in [9.17, 15) is 0 Å². The Morgan fingerprint density at radius 1 is 0.727 bits per heavy atom. The third kappa shape index (κ3) is 4.17. The molecule has 1 aliphatic heterocycles. The first kappa shape index (κ1) is 20.2. The number of nitrogens with one attached hydrogen (secondary N) is 1. The zero-order chi connectivity index (χ0) is 22.0. The first-order valence-electron chi connectivity index (χ1n) is 11.1. The molecule has 7 heteroatoms. The van der Waals surface area contributed by atoms with Crippen molar-refractivity contribution in [1.29, 1.82) is 0 Å². The van der Waals surface area contributed by atoms with E-state index in [2.05, 4.69) is 81.2 Å². The summed E-state index contributed by atoms with van der Waals surface area (Å²) < 4.78 is 1.25. The number of para-hydroxylation sites is 3. The Labute approximate surface area is 201 Å². The summed E-state index contributed by atoms with van der Waals surface area (Å²) in [6.07, 6.45) is 0. The lowest BCUT2D eigenvalue weighted by molar-refractivity contribution is 0.653. The average Bonchev–Trinajstić information content (AvgIpc) is 3.52. The molecule has 1 saturated heterocycles. The van der Waals surface area contributed by atoms with Crippen LogP contribution in [0.4, 0.5) is 21.6 Å². The number of aromatic nitrogens is 2. The normalized spacial score (nSPS) is 14.1. The topological polar surface area (TPSA) is 44.3 Å². The van der Waals surface area contributed by atoms with Crippen molar-refractivity contribution in [3.8, 4) is 11.3 Å². The highest BCUT2D eigenvalue weighted by molar-refractivity contribution is 7.22. The van der Waals surface area contributed by atoms with E-state index in [0.717, 1.165) is 58.9 Å². The van der Waals surface area contributed by atoms with Gasteiger partial charge in [0.25, 0.3) is 0 Å². The highest BCUT2D eigenvalue weighted by Crippen LogP contribution is 2.34. The Morgan fingerprint density at radius 3 is 2.30 bits per heavy atom. The van der Waals surface area contributed by atoms with Crippen LogP contribution < -0.4 is 15.1 Å². The van der Waals surface area contributed by atoms with Gasteiger partial charge in [-0.05, 0) is 24.3 Å². The molecule has 5 nitrogen and oxygen atoms in total. The van der Waals surface area contributed by atoms with Gasteiger partial charge < -0.3 is 15.1 Å². The largest absolute Gasteiger partial charge is 0.366 e. The number of rotatable bonds is 5. The third-order valence-corrected chi connectivity index (χ3v) is 7.75. The first-order chi connectivity index (χ1) is 16.3. The molecule has 33 heavy (non-hydrogen) atoms. The van der Waals surface area contributed by atoms with Crippen LogP contribution in [0.5, 0.6) is 0 Å². The molecule has 0 unspecified atom stereocenters. The number of hydrogen-bond acceptors (Lipinski definition) is 7. The molecule has 164 valence electrons. The van der Waals surface area contributed by atoms with Crippen molar-refractivity contribution in [2.24, 2.45) is 0 Å². The highest BCUT2D eigenvalue weighted by Gasteiger charge is 2.22. The van der Waals surface area contributed by atoms with Gasteiger partial charge in [0, 0.05) is 37.1 Å². The Hall–Kier alpha value is -3.42. The molecular formula is C26H23N5S2. The molecule has 0 aliphatic carbocycles. The van der Waals surface area contributed by atoms with Crippen LogP contribution in [-0.4, -0.2) is 36.1 Å². The molecule has 1 fully saturated rings. The second-order valence-electron chi connectivity index (χ2n) is 7.98. The number of anilines is 4. The van der Waals surface area contributed by atoms with Gasteiger partial charge in [-0.1, -0.05) is 65.9 Å². The predicted molar refractivity (Wildman–Crippen MR) is 141 cm³/mol. The van der Waals surface area contributed by atoms with Gasteiger partial charge in [-0.2, -0.15) is 0 Å². The van der Waals surface area contributed by atoms with Gasteiger partial charge in [-0.15, -0.1) is 11.3 Å². The second kappa shape index (κ2) is 8.84. The summed E-state index contributed by atoms with van der Waals surface area (Å²) in [5, 5.41) is 7.71. The van der Waals surface area contributed by atoms with Crippen LogP contribution in [-0.2, 0) is 0 Å². The summed E-state index contributed by atoms with van der Waals surface area (Å²) in [7, 11) is 0. The van der Waals surface area contributed by atoms with Crippen molar-refractivity contribution in [2.45, 2.75) is 0 Å². The molecular weight excluding hydrogens is 446 g/mol. The van der Waals surface area contributed by atoms with E-state index in [1.807, 2.05) is 18.2 Å². The van der Waals surface area contributed by atoms with Crippen LogP contribution in [0.3, 0.4) is 0 Å². The van der Waals surface area contributed by atoms with Crippen LogP contribution in [0.25, 0.3) is 21.5 Å². The summed E-state index contributed by atoms with van der Waals surface area (Å²) in [6.45, 7) is 3.84. The Bertz CT molecular complexity index is 1340.